The first-order valence-electron chi connectivity index (χ1n) is 10.9. The van der Waals surface area contributed by atoms with E-state index in [1.54, 1.807) is 0 Å². The zero-order chi connectivity index (χ0) is 19.2. The highest BCUT2D eigenvalue weighted by atomic mass is 16.5. The number of esters is 2. The minimum Gasteiger partial charge on any atom is -0.465 e. The first kappa shape index (κ1) is 23.0. The lowest BCUT2D eigenvalue weighted by molar-refractivity contribution is -0.155. The van der Waals surface area contributed by atoms with E-state index >= 15 is 0 Å². The molecule has 4 nitrogen and oxygen atoms in total. The third-order valence-electron chi connectivity index (χ3n) is 5.21. The third-order valence-corrected chi connectivity index (χ3v) is 5.21. The Morgan fingerprint density at radius 1 is 0.846 bits per heavy atom. The predicted molar refractivity (Wildman–Crippen MR) is 105 cm³/mol. The number of unbranched alkanes of at least 4 members (excludes halogenated alkanes) is 5. The van der Waals surface area contributed by atoms with E-state index in [1.165, 1.54) is 32.1 Å². The Balaban J connectivity index is 2.08. The molecule has 0 spiro atoms. The second-order valence-corrected chi connectivity index (χ2v) is 8.20. The van der Waals surface area contributed by atoms with Crippen LogP contribution in [0.3, 0.4) is 0 Å². The van der Waals surface area contributed by atoms with Gasteiger partial charge >= 0.3 is 11.9 Å². The zero-order valence-electron chi connectivity index (χ0n) is 17.3. The Hall–Kier alpha value is -1.06. The normalized spacial score (nSPS) is 20.2. The highest BCUT2D eigenvalue weighted by molar-refractivity contribution is 5.76. The second-order valence-electron chi connectivity index (χ2n) is 8.20. The minimum atomic E-state index is -0.137. The van der Waals surface area contributed by atoms with E-state index in [0.29, 0.717) is 19.6 Å². The summed E-state index contributed by atoms with van der Waals surface area (Å²) in [5.41, 5.74) is 0. The molecule has 4 heteroatoms. The van der Waals surface area contributed by atoms with Gasteiger partial charge in [-0.1, -0.05) is 65.7 Å². The van der Waals surface area contributed by atoms with Crippen molar-refractivity contribution in [2.45, 2.75) is 97.8 Å². The van der Waals surface area contributed by atoms with Gasteiger partial charge in [0.2, 0.25) is 0 Å². The molecule has 152 valence electrons. The van der Waals surface area contributed by atoms with E-state index in [1.807, 2.05) is 6.92 Å². The van der Waals surface area contributed by atoms with E-state index < -0.39 is 0 Å². The predicted octanol–water partition coefficient (Wildman–Crippen LogP) is 5.68. The molecule has 0 aromatic heterocycles. The molecule has 0 saturated heterocycles. The summed E-state index contributed by atoms with van der Waals surface area (Å²) in [6, 6.07) is 0. The molecule has 0 aromatic rings. The third kappa shape index (κ3) is 10.2. The highest BCUT2D eigenvalue weighted by Crippen LogP contribution is 2.30. The molecule has 0 amide bonds. The van der Waals surface area contributed by atoms with E-state index in [0.717, 1.165) is 44.4 Å². The smallest absolute Gasteiger partial charge is 0.308 e. The summed E-state index contributed by atoms with van der Waals surface area (Å²) in [5, 5.41) is 0. The van der Waals surface area contributed by atoms with Crippen LogP contribution in [0.25, 0.3) is 0 Å². The Labute approximate surface area is 160 Å². The highest BCUT2D eigenvalue weighted by Gasteiger charge is 2.32. The van der Waals surface area contributed by atoms with Gasteiger partial charge in [-0.3, -0.25) is 9.59 Å². The fourth-order valence-electron chi connectivity index (χ4n) is 3.59. The molecule has 0 N–H and O–H groups in total. The lowest BCUT2D eigenvalue weighted by atomic mass is 9.81. The van der Waals surface area contributed by atoms with Crippen molar-refractivity contribution in [2.24, 2.45) is 17.8 Å². The van der Waals surface area contributed by atoms with Crippen LogP contribution in [0.5, 0.6) is 0 Å². The first-order valence-corrected chi connectivity index (χ1v) is 10.9. The molecule has 1 fully saturated rings. The van der Waals surface area contributed by atoms with Gasteiger partial charge in [0.25, 0.3) is 0 Å². The van der Waals surface area contributed by atoms with Gasteiger partial charge in [0, 0.05) is 0 Å². The average molecular weight is 369 g/mol. The van der Waals surface area contributed by atoms with Crippen LogP contribution >= 0.6 is 0 Å². The fourth-order valence-corrected chi connectivity index (χ4v) is 3.59. The number of rotatable bonds is 13. The van der Waals surface area contributed by atoms with Crippen LogP contribution < -0.4 is 0 Å². The van der Waals surface area contributed by atoms with Gasteiger partial charge in [-0.15, -0.1) is 0 Å². The van der Waals surface area contributed by atoms with Gasteiger partial charge in [-0.25, -0.2) is 0 Å². The fraction of sp³-hybridized carbons (Fsp3) is 0.909. The van der Waals surface area contributed by atoms with Crippen molar-refractivity contribution < 1.29 is 19.1 Å². The average Bonchev–Trinajstić information content (AvgIpc) is 2.64. The number of ether oxygens (including phenoxy) is 2. The van der Waals surface area contributed by atoms with E-state index in [4.69, 9.17) is 9.47 Å². The maximum Gasteiger partial charge on any atom is 0.308 e. The van der Waals surface area contributed by atoms with Crippen LogP contribution in [-0.4, -0.2) is 25.2 Å². The van der Waals surface area contributed by atoms with Crippen molar-refractivity contribution in [1.82, 2.24) is 0 Å². The Kier molecular flexibility index (Phi) is 12.4. The Morgan fingerprint density at radius 2 is 1.38 bits per heavy atom. The summed E-state index contributed by atoms with van der Waals surface area (Å²) in [4.78, 5) is 24.2. The maximum atomic E-state index is 12.2. The van der Waals surface area contributed by atoms with Gasteiger partial charge in [0.15, 0.2) is 0 Å². The summed E-state index contributed by atoms with van der Waals surface area (Å²) in [6.07, 6.45) is 12.6. The van der Waals surface area contributed by atoms with Gasteiger partial charge < -0.3 is 9.47 Å². The monoisotopic (exact) mass is 368 g/mol. The topological polar surface area (TPSA) is 52.6 Å². The second kappa shape index (κ2) is 14.1. The maximum absolute atomic E-state index is 12.2. The number of hydrogen-bond donors (Lipinski definition) is 0. The van der Waals surface area contributed by atoms with Crippen molar-refractivity contribution >= 4 is 11.9 Å². The number of carbonyl (C=O) groups is 2. The minimum absolute atomic E-state index is 0.116. The van der Waals surface area contributed by atoms with Gasteiger partial charge in [0.1, 0.15) is 0 Å². The molecule has 0 aliphatic heterocycles. The largest absolute Gasteiger partial charge is 0.465 e. The van der Waals surface area contributed by atoms with Crippen LogP contribution in [0.2, 0.25) is 0 Å². The Morgan fingerprint density at radius 3 is 1.96 bits per heavy atom. The summed E-state index contributed by atoms with van der Waals surface area (Å²) in [6.45, 7) is 7.53. The quantitative estimate of drug-likeness (QED) is 0.310. The standard InChI is InChI=1S/C22H40O4/c1-4-15-25-21(23)19-13-11-14-20(17-19)22(24)26-16-10-8-6-5-7-9-12-18(2)3/h18-20H,4-17H2,1-3H3. The molecule has 1 saturated carbocycles. The van der Waals surface area contributed by atoms with E-state index in [2.05, 4.69) is 13.8 Å². The van der Waals surface area contributed by atoms with Crippen LogP contribution in [-0.2, 0) is 19.1 Å². The lowest BCUT2D eigenvalue weighted by Crippen LogP contribution is -2.30. The molecule has 26 heavy (non-hydrogen) atoms. The molecule has 0 bridgehead atoms. The van der Waals surface area contributed by atoms with Gasteiger partial charge in [-0.05, 0) is 38.0 Å². The first-order chi connectivity index (χ1) is 12.5. The van der Waals surface area contributed by atoms with Crippen LogP contribution in [0, 0.1) is 17.8 Å². The molecule has 0 radical (unpaired) electrons. The van der Waals surface area contributed by atoms with E-state index in [9.17, 15) is 9.59 Å². The molecule has 1 aliphatic rings. The van der Waals surface area contributed by atoms with Crippen LogP contribution in [0.4, 0.5) is 0 Å². The number of hydrogen-bond acceptors (Lipinski definition) is 4. The summed E-state index contributed by atoms with van der Waals surface area (Å²) < 4.78 is 10.7. The lowest BCUT2D eigenvalue weighted by Gasteiger charge is -2.26. The van der Waals surface area contributed by atoms with Crippen LogP contribution in [0.1, 0.15) is 97.8 Å². The van der Waals surface area contributed by atoms with Crippen molar-refractivity contribution in [3.05, 3.63) is 0 Å². The molecule has 1 rings (SSSR count). The summed E-state index contributed by atoms with van der Waals surface area (Å²) in [5.74, 6) is 0.302. The van der Waals surface area contributed by atoms with Crippen molar-refractivity contribution in [2.75, 3.05) is 13.2 Å². The zero-order valence-corrected chi connectivity index (χ0v) is 17.3. The molecule has 0 heterocycles. The van der Waals surface area contributed by atoms with Crippen molar-refractivity contribution in [3.63, 3.8) is 0 Å². The summed E-state index contributed by atoms with van der Waals surface area (Å²) in [7, 11) is 0. The number of carbonyl (C=O) groups excluding carboxylic acids is 2. The molecular formula is C22H40O4. The van der Waals surface area contributed by atoms with Gasteiger partial charge in [-0.2, -0.15) is 0 Å². The molecule has 2 atom stereocenters. The van der Waals surface area contributed by atoms with Crippen LogP contribution in [0.15, 0.2) is 0 Å². The van der Waals surface area contributed by atoms with E-state index in [-0.39, 0.29) is 23.8 Å². The van der Waals surface area contributed by atoms with Gasteiger partial charge in [0.05, 0.1) is 25.0 Å². The SMILES string of the molecule is CCCOC(=O)C1CCCC(C(=O)OCCCCCCCCC(C)C)C1. The molecule has 2 unspecified atom stereocenters. The molecule has 1 aliphatic carbocycles. The Bertz CT molecular complexity index is 392. The van der Waals surface area contributed by atoms with Crippen molar-refractivity contribution in [3.8, 4) is 0 Å². The summed E-state index contributed by atoms with van der Waals surface area (Å²) >= 11 is 0. The molecular weight excluding hydrogens is 328 g/mol. The van der Waals surface area contributed by atoms with Crippen molar-refractivity contribution in [1.29, 1.82) is 0 Å². The molecule has 0 aromatic carbocycles.